The number of para-hydroxylation sites is 2. The number of likely N-dealkylation sites (tertiary alicyclic amines) is 1. The maximum absolute atomic E-state index is 11.2. The van der Waals surface area contributed by atoms with Gasteiger partial charge in [-0.1, -0.05) is 24.3 Å². The Kier molecular flexibility index (Phi) is 4.01. The van der Waals surface area contributed by atoms with E-state index < -0.39 is 5.97 Å². The molecule has 1 N–H and O–H groups in total. The summed E-state index contributed by atoms with van der Waals surface area (Å²) in [7, 11) is 2.08. The van der Waals surface area contributed by atoms with E-state index in [9.17, 15) is 9.90 Å². The van der Waals surface area contributed by atoms with Crippen molar-refractivity contribution in [1.82, 2.24) is 14.5 Å². The van der Waals surface area contributed by atoms with Crippen LogP contribution < -0.4 is 0 Å². The third-order valence-electron chi connectivity index (χ3n) is 5.04. The molecule has 5 nitrogen and oxygen atoms in total. The lowest BCUT2D eigenvalue weighted by molar-refractivity contribution is 0.0696. The van der Waals surface area contributed by atoms with Gasteiger partial charge in [-0.2, -0.15) is 0 Å². The van der Waals surface area contributed by atoms with E-state index in [1.807, 2.05) is 24.3 Å². The van der Waals surface area contributed by atoms with Crippen LogP contribution in [0.25, 0.3) is 11.0 Å². The van der Waals surface area contributed by atoms with Gasteiger partial charge in [-0.25, -0.2) is 9.78 Å². The average Bonchev–Trinajstić information content (AvgIpc) is 3.20. The minimum atomic E-state index is -0.879. The maximum atomic E-state index is 11.2. The number of nitrogens with zero attached hydrogens (tertiary/aromatic N) is 3. The smallest absolute Gasteiger partial charge is 0.335 e. The second kappa shape index (κ2) is 6.33. The van der Waals surface area contributed by atoms with Crippen molar-refractivity contribution in [3.05, 3.63) is 65.5 Å². The van der Waals surface area contributed by atoms with Crippen LogP contribution in [0.1, 0.15) is 40.6 Å². The third kappa shape index (κ3) is 2.91. The summed E-state index contributed by atoms with van der Waals surface area (Å²) < 4.78 is 2.19. The monoisotopic (exact) mass is 335 g/mol. The van der Waals surface area contributed by atoms with E-state index in [0.717, 1.165) is 48.4 Å². The van der Waals surface area contributed by atoms with Gasteiger partial charge in [0.25, 0.3) is 0 Å². The summed E-state index contributed by atoms with van der Waals surface area (Å²) in [5.74, 6) is 0.211. The number of imidazole rings is 1. The number of carboxylic acid groups (broad SMARTS) is 1. The fraction of sp³-hybridized carbons (Fsp3) is 0.300. The highest BCUT2D eigenvalue weighted by molar-refractivity contribution is 5.87. The molecule has 5 heteroatoms. The van der Waals surface area contributed by atoms with Crippen LogP contribution >= 0.6 is 0 Å². The number of benzene rings is 2. The van der Waals surface area contributed by atoms with Crippen molar-refractivity contribution in [2.75, 3.05) is 6.54 Å². The first-order chi connectivity index (χ1) is 12.1. The molecule has 0 saturated carbocycles. The number of aryl methyl sites for hydroxylation is 1. The first kappa shape index (κ1) is 15.8. The van der Waals surface area contributed by atoms with Gasteiger partial charge in [0.15, 0.2) is 0 Å². The lowest BCUT2D eigenvalue weighted by Crippen LogP contribution is -2.25. The van der Waals surface area contributed by atoms with Crippen molar-refractivity contribution in [1.29, 1.82) is 0 Å². The van der Waals surface area contributed by atoms with Crippen molar-refractivity contribution in [2.45, 2.75) is 25.4 Å². The molecule has 1 aromatic heterocycles. The normalized spacial score (nSPS) is 18.0. The highest BCUT2D eigenvalue weighted by Crippen LogP contribution is 2.34. The minimum Gasteiger partial charge on any atom is -0.478 e. The standard InChI is InChI=1S/C20H21N3O2/c1-22-17-9-3-2-8-16(17)21-19(22)18-10-5-11-23(18)13-14-6-4-7-15(12-14)20(24)25/h2-4,6-9,12,18H,5,10-11,13H2,1H3,(H,24,25). The molecule has 4 rings (SSSR count). The van der Waals surface area contributed by atoms with Gasteiger partial charge >= 0.3 is 5.97 Å². The molecule has 1 fully saturated rings. The number of fused-ring (bicyclic) bond motifs is 1. The molecule has 128 valence electrons. The SMILES string of the molecule is Cn1c(C2CCCN2Cc2cccc(C(=O)O)c2)nc2ccccc21. The molecule has 0 bridgehead atoms. The van der Waals surface area contributed by atoms with Crippen LogP contribution in [-0.4, -0.2) is 32.1 Å². The van der Waals surface area contributed by atoms with E-state index in [-0.39, 0.29) is 6.04 Å². The van der Waals surface area contributed by atoms with Crippen LogP contribution in [0.5, 0.6) is 0 Å². The predicted octanol–water partition coefficient (Wildman–Crippen LogP) is 3.61. The Morgan fingerprint density at radius 1 is 1.24 bits per heavy atom. The van der Waals surface area contributed by atoms with Gasteiger partial charge in [0.2, 0.25) is 0 Å². The van der Waals surface area contributed by atoms with Crippen LogP contribution in [0.15, 0.2) is 48.5 Å². The molecule has 25 heavy (non-hydrogen) atoms. The Bertz CT molecular complexity index is 932. The summed E-state index contributed by atoms with van der Waals surface area (Å²) in [6.45, 7) is 1.75. The minimum absolute atomic E-state index is 0.269. The summed E-state index contributed by atoms with van der Waals surface area (Å²) in [5, 5.41) is 9.19. The zero-order valence-electron chi connectivity index (χ0n) is 14.2. The average molecular weight is 335 g/mol. The number of carbonyl (C=O) groups is 1. The molecule has 1 aliphatic heterocycles. The quantitative estimate of drug-likeness (QED) is 0.791. The maximum Gasteiger partial charge on any atom is 0.335 e. The van der Waals surface area contributed by atoms with Crippen LogP contribution in [0.4, 0.5) is 0 Å². The van der Waals surface area contributed by atoms with Gasteiger partial charge in [-0.15, -0.1) is 0 Å². The van der Waals surface area contributed by atoms with Gasteiger partial charge in [-0.05, 0) is 49.2 Å². The lowest BCUT2D eigenvalue weighted by atomic mass is 10.1. The van der Waals surface area contributed by atoms with Crippen molar-refractivity contribution < 1.29 is 9.90 Å². The van der Waals surface area contributed by atoms with Crippen molar-refractivity contribution >= 4 is 17.0 Å². The fourth-order valence-corrected chi connectivity index (χ4v) is 3.81. The molecule has 0 amide bonds. The highest BCUT2D eigenvalue weighted by atomic mass is 16.4. The van der Waals surface area contributed by atoms with Crippen LogP contribution in [0.2, 0.25) is 0 Å². The molecule has 1 atom stereocenters. The molecule has 2 aromatic carbocycles. The Morgan fingerprint density at radius 3 is 2.88 bits per heavy atom. The molecule has 0 spiro atoms. The zero-order valence-corrected chi connectivity index (χ0v) is 14.2. The molecule has 0 aliphatic carbocycles. The first-order valence-corrected chi connectivity index (χ1v) is 8.61. The molecule has 3 aromatic rings. The Balaban J connectivity index is 1.63. The summed E-state index contributed by atoms with van der Waals surface area (Å²) in [6.07, 6.45) is 2.21. The number of aromatic nitrogens is 2. The molecule has 1 aliphatic rings. The van der Waals surface area contributed by atoms with Crippen molar-refractivity contribution in [3.8, 4) is 0 Å². The summed E-state index contributed by atoms with van der Waals surface area (Å²) in [5.41, 5.74) is 3.55. The van der Waals surface area contributed by atoms with E-state index >= 15 is 0 Å². The van der Waals surface area contributed by atoms with E-state index in [1.165, 1.54) is 0 Å². The number of aromatic carboxylic acids is 1. The van der Waals surface area contributed by atoms with Crippen molar-refractivity contribution in [2.24, 2.45) is 7.05 Å². The number of hydrogen-bond donors (Lipinski definition) is 1. The Hall–Kier alpha value is -2.66. The van der Waals surface area contributed by atoms with Crippen LogP contribution in [-0.2, 0) is 13.6 Å². The second-order valence-electron chi connectivity index (χ2n) is 6.65. The Morgan fingerprint density at radius 2 is 2.08 bits per heavy atom. The van der Waals surface area contributed by atoms with Crippen LogP contribution in [0, 0.1) is 0 Å². The number of rotatable bonds is 4. The molecule has 1 saturated heterocycles. The van der Waals surface area contributed by atoms with Crippen LogP contribution in [0.3, 0.4) is 0 Å². The van der Waals surface area contributed by atoms with Gasteiger partial charge in [0.1, 0.15) is 5.82 Å². The third-order valence-corrected chi connectivity index (χ3v) is 5.04. The predicted molar refractivity (Wildman–Crippen MR) is 96.5 cm³/mol. The molecular weight excluding hydrogens is 314 g/mol. The van der Waals surface area contributed by atoms with Gasteiger partial charge in [0.05, 0.1) is 22.6 Å². The summed E-state index contributed by atoms with van der Waals surface area (Å²) in [6, 6.07) is 15.7. The largest absolute Gasteiger partial charge is 0.478 e. The molecule has 1 unspecified atom stereocenters. The topological polar surface area (TPSA) is 58.4 Å². The molecule has 0 radical (unpaired) electrons. The zero-order chi connectivity index (χ0) is 17.4. The lowest BCUT2D eigenvalue weighted by Gasteiger charge is -2.24. The number of hydrogen-bond acceptors (Lipinski definition) is 3. The molecular formula is C20H21N3O2. The number of carboxylic acids is 1. The summed E-state index contributed by atoms with van der Waals surface area (Å²) >= 11 is 0. The fourth-order valence-electron chi connectivity index (χ4n) is 3.81. The highest BCUT2D eigenvalue weighted by Gasteiger charge is 2.29. The first-order valence-electron chi connectivity index (χ1n) is 8.61. The van der Waals surface area contributed by atoms with E-state index in [0.29, 0.717) is 5.56 Å². The summed E-state index contributed by atoms with van der Waals surface area (Å²) in [4.78, 5) is 18.5. The van der Waals surface area contributed by atoms with E-state index in [4.69, 9.17) is 4.98 Å². The van der Waals surface area contributed by atoms with E-state index in [2.05, 4.69) is 28.6 Å². The van der Waals surface area contributed by atoms with E-state index in [1.54, 1.807) is 12.1 Å². The van der Waals surface area contributed by atoms with Gasteiger partial charge in [0, 0.05) is 13.6 Å². The second-order valence-corrected chi connectivity index (χ2v) is 6.65. The Labute approximate surface area is 146 Å². The van der Waals surface area contributed by atoms with Crippen molar-refractivity contribution in [3.63, 3.8) is 0 Å². The molecule has 2 heterocycles. The van der Waals surface area contributed by atoms with Gasteiger partial charge < -0.3 is 9.67 Å². The van der Waals surface area contributed by atoms with Gasteiger partial charge in [-0.3, -0.25) is 4.90 Å².